The number of nitrogens with zero attached hydrogens (tertiary/aromatic N) is 1. The molecular formula is C16H13NO2S. The third kappa shape index (κ3) is 2.34. The van der Waals surface area contributed by atoms with E-state index < -0.39 is 0 Å². The summed E-state index contributed by atoms with van der Waals surface area (Å²) in [7, 11) is 1.41. The number of aromatic nitrogens is 1. The van der Waals surface area contributed by atoms with Crippen molar-refractivity contribution in [3.8, 4) is 0 Å². The molecule has 0 aliphatic rings. The van der Waals surface area contributed by atoms with E-state index in [1.165, 1.54) is 18.9 Å². The SMILES string of the molecule is COC(=O)CSc1c2ccccc2nc2ccccc12. The predicted octanol–water partition coefficient (Wildman–Crippen LogP) is 3.65. The lowest BCUT2D eigenvalue weighted by Crippen LogP contribution is -2.03. The van der Waals surface area contributed by atoms with Crippen LogP contribution in [-0.2, 0) is 9.53 Å². The zero-order valence-electron chi connectivity index (χ0n) is 11.0. The highest BCUT2D eigenvalue weighted by Gasteiger charge is 2.11. The summed E-state index contributed by atoms with van der Waals surface area (Å²) >= 11 is 1.50. The molecule has 0 aliphatic carbocycles. The molecule has 4 heteroatoms. The Labute approximate surface area is 121 Å². The van der Waals surface area contributed by atoms with Crippen LogP contribution in [0, 0.1) is 0 Å². The zero-order chi connectivity index (χ0) is 13.9. The van der Waals surface area contributed by atoms with Gasteiger partial charge in [-0.25, -0.2) is 4.98 Å². The molecule has 0 fully saturated rings. The molecule has 0 bridgehead atoms. The van der Waals surface area contributed by atoms with Crippen molar-refractivity contribution in [1.82, 2.24) is 4.98 Å². The Bertz CT molecular complexity index is 732. The van der Waals surface area contributed by atoms with E-state index in [2.05, 4.69) is 4.98 Å². The van der Waals surface area contributed by atoms with E-state index in [0.717, 1.165) is 26.7 Å². The summed E-state index contributed by atoms with van der Waals surface area (Å²) in [4.78, 5) is 17.1. The summed E-state index contributed by atoms with van der Waals surface area (Å²) in [6, 6.07) is 16.0. The average Bonchev–Trinajstić information content (AvgIpc) is 2.51. The van der Waals surface area contributed by atoms with Crippen LogP contribution in [-0.4, -0.2) is 23.8 Å². The van der Waals surface area contributed by atoms with E-state index in [9.17, 15) is 4.79 Å². The van der Waals surface area contributed by atoms with Crippen molar-refractivity contribution in [3.05, 3.63) is 48.5 Å². The van der Waals surface area contributed by atoms with Gasteiger partial charge in [0.05, 0.1) is 23.9 Å². The maximum absolute atomic E-state index is 11.4. The Hall–Kier alpha value is -2.07. The minimum atomic E-state index is -0.222. The second-order valence-electron chi connectivity index (χ2n) is 4.34. The number of methoxy groups -OCH3 is 1. The number of para-hydroxylation sites is 2. The van der Waals surface area contributed by atoms with Crippen molar-refractivity contribution in [2.75, 3.05) is 12.9 Å². The molecule has 20 heavy (non-hydrogen) atoms. The second kappa shape index (κ2) is 5.51. The number of hydrogen-bond donors (Lipinski definition) is 0. The molecule has 0 unspecified atom stereocenters. The molecule has 0 atom stereocenters. The van der Waals surface area contributed by atoms with Crippen LogP contribution < -0.4 is 0 Å². The van der Waals surface area contributed by atoms with Crippen LogP contribution in [0.3, 0.4) is 0 Å². The molecule has 100 valence electrons. The van der Waals surface area contributed by atoms with Crippen LogP contribution in [0.4, 0.5) is 0 Å². The second-order valence-corrected chi connectivity index (χ2v) is 5.33. The van der Waals surface area contributed by atoms with E-state index >= 15 is 0 Å². The molecular weight excluding hydrogens is 270 g/mol. The number of rotatable bonds is 3. The molecule has 3 rings (SSSR count). The first-order valence-corrected chi connectivity index (χ1v) is 7.25. The molecule has 0 saturated carbocycles. The number of benzene rings is 2. The molecule has 0 amide bonds. The minimum absolute atomic E-state index is 0.222. The Morgan fingerprint density at radius 1 is 1.05 bits per heavy atom. The fourth-order valence-corrected chi connectivity index (χ4v) is 3.18. The van der Waals surface area contributed by atoms with Crippen LogP contribution in [0.15, 0.2) is 53.4 Å². The van der Waals surface area contributed by atoms with Crippen LogP contribution in [0.25, 0.3) is 21.8 Å². The molecule has 0 aliphatic heterocycles. The highest BCUT2D eigenvalue weighted by molar-refractivity contribution is 8.00. The van der Waals surface area contributed by atoms with Gasteiger partial charge in [-0.3, -0.25) is 4.79 Å². The van der Waals surface area contributed by atoms with E-state index in [4.69, 9.17) is 4.74 Å². The van der Waals surface area contributed by atoms with Crippen molar-refractivity contribution < 1.29 is 9.53 Å². The van der Waals surface area contributed by atoms with E-state index in [1.54, 1.807) is 0 Å². The number of pyridine rings is 1. The van der Waals surface area contributed by atoms with Crippen LogP contribution in [0.1, 0.15) is 0 Å². The molecule has 3 aromatic rings. The molecule has 2 aromatic carbocycles. The topological polar surface area (TPSA) is 39.2 Å². The Morgan fingerprint density at radius 3 is 2.15 bits per heavy atom. The fourth-order valence-electron chi connectivity index (χ4n) is 2.15. The molecule has 0 N–H and O–H groups in total. The number of carbonyl (C=O) groups is 1. The summed E-state index contributed by atoms with van der Waals surface area (Å²) in [6.07, 6.45) is 0. The first kappa shape index (κ1) is 12.9. The van der Waals surface area contributed by atoms with Gasteiger partial charge in [0.1, 0.15) is 0 Å². The maximum Gasteiger partial charge on any atom is 0.315 e. The third-order valence-corrected chi connectivity index (χ3v) is 4.21. The quantitative estimate of drug-likeness (QED) is 0.418. The van der Waals surface area contributed by atoms with Crippen molar-refractivity contribution >= 4 is 39.5 Å². The first-order valence-electron chi connectivity index (χ1n) is 6.26. The van der Waals surface area contributed by atoms with Gasteiger partial charge in [-0.2, -0.15) is 0 Å². The molecule has 0 radical (unpaired) electrons. The van der Waals surface area contributed by atoms with Gasteiger partial charge in [-0.15, -0.1) is 11.8 Å². The van der Waals surface area contributed by atoms with Gasteiger partial charge in [-0.05, 0) is 12.1 Å². The van der Waals surface area contributed by atoms with E-state index in [-0.39, 0.29) is 5.97 Å². The number of carbonyl (C=O) groups excluding carboxylic acids is 1. The van der Waals surface area contributed by atoms with Crippen LogP contribution in [0.2, 0.25) is 0 Å². The lowest BCUT2D eigenvalue weighted by molar-refractivity contribution is -0.137. The van der Waals surface area contributed by atoms with E-state index in [1.807, 2.05) is 48.5 Å². The third-order valence-electron chi connectivity index (χ3n) is 3.10. The van der Waals surface area contributed by atoms with Gasteiger partial charge >= 0.3 is 5.97 Å². The Balaban J connectivity index is 2.20. The first-order chi connectivity index (χ1) is 9.79. The highest BCUT2D eigenvalue weighted by atomic mass is 32.2. The molecule has 1 heterocycles. The van der Waals surface area contributed by atoms with Gasteiger partial charge in [0.25, 0.3) is 0 Å². The van der Waals surface area contributed by atoms with Crippen molar-refractivity contribution in [1.29, 1.82) is 0 Å². The Morgan fingerprint density at radius 2 is 1.60 bits per heavy atom. The summed E-state index contributed by atoms with van der Waals surface area (Å²) in [5.74, 6) is 0.0779. The summed E-state index contributed by atoms with van der Waals surface area (Å²) in [5, 5.41) is 2.14. The minimum Gasteiger partial charge on any atom is -0.468 e. The number of esters is 1. The van der Waals surface area contributed by atoms with Crippen LogP contribution in [0.5, 0.6) is 0 Å². The largest absolute Gasteiger partial charge is 0.468 e. The van der Waals surface area contributed by atoms with Gasteiger partial charge in [0, 0.05) is 15.7 Å². The van der Waals surface area contributed by atoms with Gasteiger partial charge in [-0.1, -0.05) is 36.4 Å². The van der Waals surface area contributed by atoms with Crippen LogP contribution >= 0.6 is 11.8 Å². The van der Waals surface area contributed by atoms with Crippen molar-refractivity contribution in [2.45, 2.75) is 4.90 Å². The molecule has 0 saturated heterocycles. The summed E-state index contributed by atoms with van der Waals surface area (Å²) < 4.78 is 4.72. The normalized spacial score (nSPS) is 10.8. The average molecular weight is 283 g/mol. The predicted molar refractivity (Wildman–Crippen MR) is 82.0 cm³/mol. The Kier molecular flexibility index (Phi) is 3.56. The number of fused-ring (bicyclic) bond motifs is 2. The lowest BCUT2D eigenvalue weighted by atomic mass is 10.1. The lowest BCUT2D eigenvalue weighted by Gasteiger charge is -2.09. The monoisotopic (exact) mass is 283 g/mol. The van der Waals surface area contributed by atoms with Crippen molar-refractivity contribution in [2.24, 2.45) is 0 Å². The molecule has 3 nitrogen and oxygen atoms in total. The number of ether oxygens (including phenoxy) is 1. The zero-order valence-corrected chi connectivity index (χ0v) is 11.8. The van der Waals surface area contributed by atoms with Crippen molar-refractivity contribution in [3.63, 3.8) is 0 Å². The summed E-state index contributed by atoms with van der Waals surface area (Å²) in [5.41, 5.74) is 1.89. The number of thioether (sulfide) groups is 1. The molecule has 1 aromatic heterocycles. The molecule has 0 spiro atoms. The standard InChI is InChI=1S/C16H13NO2S/c1-19-15(18)10-20-16-11-6-2-4-8-13(11)17-14-9-5-3-7-12(14)16/h2-9H,10H2,1H3. The van der Waals surface area contributed by atoms with Gasteiger partial charge < -0.3 is 4.74 Å². The van der Waals surface area contributed by atoms with E-state index in [0.29, 0.717) is 5.75 Å². The van der Waals surface area contributed by atoms with Gasteiger partial charge in [0.15, 0.2) is 0 Å². The highest BCUT2D eigenvalue weighted by Crippen LogP contribution is 2.33. The maximum atomic E-state index is 11.4. The van der Waals surface area contributed by atoms with Gasteiger partial charge in [0.2, 0.25) is 0 Å². The smallest absolute Gasteiger partial charge is 0.315 e. The number of hydrogen-bond acceptors (Lipinski definition) is 4. The fraction of sp³-hybridized carbons (Fsp3) is 0.125. The summed E-state index contributed by atoms with van der Waals surface area (Å²) in [6.45, 7) is 0.